The first-order valence-electron chi connectivity index (χ1n) is 9.67. The van der Waals surface area contributed by atoms with Crippen LogP contribution in [0.3, 0.4) is 0 Å². The maximum Gasteiger partial charge on any atom is 0.119 e. The Kier molecular flexibility index (Phi) is 7.83. The maximum atomic E-state index is 5.98. The van der Waals surface area contributed by atoms with Gasteiger partial charge >= 0.3 is 0 Å². The van der Waals surface area contributed by atoms with E-state index in [9.17, 15) is 0 Å². The summed E-state index contributed by atoms with van der Waals surface area (Å²) in [7, 11) is 0. The molecule has 0 amide bonds. The van der Waals surface area contributed by atoms with Gasteiger partial charge in [-0.25, -0.2) is 0 Å². The Labute approximate surface area is 158 Å². The van der Waals surface area contributed by atoms with E-state index in [2.05, 4.69) is 76.3 Å². The average molecular weight is 356 g/mol. The molecule has 0 bridgehead atoms. The normalized spacial score (nSPS) is 12.3. The number of hydrogen-bond acceptors (Lipinski definition) is 3. The number of hydrogen-bond donors (Lipinski definition) is 1. The Bertz CT molecular complexity index is 632. The number of rotatable bonds is 10. The lowest BCUT2D eigenvalue weighted by atomic mass is 10.0. The fraction of sp³-hybridized carbons (Fsp3) is 0.478. The van der Waals surface area contributed by atoms with Crippen LogP contribution in [0, 0.1) is 5.92 Å². The molecule has 0 aliphatic carbocycles. The average Bonchev–Trinajstić information content (AvgIpc) is 2.61. The molecule has 0 saturated carbocycles. The monoisotopic (exact) mass is 355 g/mol. The molecule has 1 atom stereocenters. The summed E-state index contributed by atoms with van der Waals surface area (Å²) in [6.45, 7) is 12.4. The molecule has 26 heavy (non-hydrogen) atoms. The molecule has 0 saturated heterocycles. The van der Waals surface area contributed by atoms with Gasteiger partial charge in [-0.1, -0.05) is 39.8 Å². The minimum atomic E-state index is 0.0851. The lowest BCUT2D eigenvalue weighted by Gasteiger charge is -2.17. The van der Waals surface area contributed by atoms with E-state index in [4.69, 9.17) is 9.47 Å². The molecule has 142 valence electrons. The van der Waals surface area contributed by atoms with Gasteiger partial charge in [0.05, 0.1) is 13.2 Å². The summed E-state index contributed by atoms with van der Waals surface area (Å²) in [5.41, 5.74) is 2.41. The Hall–Kier alpha value is -2.16. The van der Waals surface area contributed by atoms with Crippen molar-refractivity contribution in [1.29, 1.82) is 0 Å². The Morgan fingerprint density at radius 3 is 2.00 bits per heavy atom. The predicted octanol–water partition coefficient (Wildman–Crippen LogP) is 6.11. The zero-order valence-electron chi connectivity index (χ0n) is 16.8. The van der Waals surface area contributed by atoms with Gasteiger partial charge in [0.15, 0.2) is 0 Å². The van der Waals surface area contributed by atoms with Crippen LogP contribution in [0.5, 0.6) is 11.5 Å². The van der Waals surface area contributed by atoms with Crippen molar-refractivity contribution in [2.24, 2.45) is 5.92 Å². The van der Waals surface area contributed by atoms with Crippen molar-refractivity contribution in [3.05, 3.63) is 54.1 Å². The van der Waals surface area contributed by atoms with Crippen LogP contribution in [-0.4, -0.2) is 19.3 Å². The van der Waals surface area contributed by atoms with Crippen molar-refractivity contribution < 1.29 is 9.47 Å². The first kappa shape index (κ1) is 20.2. The van der Waals surface area contributed by atoms with Crippen LogP contribution in [0.15, 0.2) is 48.5 Å². The number of benzene rings is 2. The van der Waals surface area contributed by atoms with Gasteiger partial charge in [0, 0.05) is 5.69 Å². The Morgan fingerprint density at radius 1 is 0.808 bits per heavy atom. The van der Waals surface area contributed by atoms with Gasteiger partial charge in [0.1, 0.15) is 17.6 Å². The maximum absolute atomic E-state index is 5.98. The second kappa shape index (κ2) is 10.1. The third-order valence-corrected chi connectivity index (χ3v) is 4.30. The van der Waals surface area contributed by atoms with Gasteiger partial charge < -0.3 is 14.8 Å². The minimum absolute atomic E-state index is 0.0851. The number of anilines is 1. The summed E-state index contributed by atoms with van der Waals surface area (Å²) in [5.74, 6) is 3.04. The molecule has 0 aliphatic rings. The smallest absolute Gasteiger partial charge is 0.119 e. The molecule has 1 unspecified atom stereocenters. The van der Waals surface area contributed by atoms with Crippen LogP contribution in [0.1, 0.15) is 52.5 Å². The molecule has 2 rings (SSSR count). The van der Waals surface area contributed by atoms with Gasteiger partial charge in [-0.15, -0.1) is 0 Å². The summed E-state index contributed by atoms with van der Waals surface area (Å²) in [6, 6.07) is 16.5. The van der Waals surface area contributed by atoms with E-state index in [0.717, 1.165) is 36.8 Å². The van der Waals surface area contributed by atoms with Crippen molar-refractivity contribution in [1.82, 2.24) is 0 Å². The highest BCUT2D eigenvalue weighted by atomic mass is 16.5. The van der Waals surface area contributed by atoms with Gasteiger partial charge in [-0.3, -0.25) is 0 Å². The van der Waals surface area contributed by atoms with Crippen molar-refractivity contribution >= 4 is 5.69 Å². The fourth-order valence-electron chi connectivity index (χ4n) is 2.55. The number of nitrogens with one attached hydrogen (secondary N) is 1. The van der Waals surface area contributed by atoms with Crippen LogP contribution in [0.25, 0.3) is 0 Å². The highest BCUT2D eigenvalue weighted by Gasteiger charge is 2.06. The van der Waals surface area contributed by atoms with Crippen molar-refractivity contribution in [3.63, 3.8) is 0 Å². The molecule has 0 heterocycles. The van der Waals surface area contributed by atoms with Gasteiger partial charge in [0.2, 0.25) is 0 Å². The number of ether oxygens (including phenoxy) is 2. The molecule has 0 radical (unpaired) electrons. The van der Waals surface area contributed by atoms with Crippen molar-refractivity contribution in [2.75, 3.05) is 18.5 Å². The molecule has 0 fully saturated rings. The van der Waals surface area contributed by atoms with E-state index in [0.29, 0.717) is 11.8 Å². The molecule has 0 spiro atoms. The predicted molar refractivity (Wildman–Crippen MR) is 111 cm³/mol. The van der Waals surface area contributed by atoms with Crippen LogP contribution in [-0.2, 0) is 0 Å². The molecule has 2 aromatic carbocycles. The SMILES string of the molecule is CC(C)CCOc1ccc(NCC(C)Oc2ccc(C(C)C)cc2)cc1. The first-order chi connectivity index (χ1) is 12.4. The van der Waals surface area contributed by atoms with Crippen LogP contribution in [0.2, 0.25) is 0 Å². The van der Waals surface area contributed by atoms with E-state index in [1.54, 1.807) is 0 Å². The molecule has 3 nitrogen and oxygen atoms in total. The second-order valence-electron chi connectivity index (χ2n) is 7.59. The summed E-state index contributed by atoms with van der Waals surface area (Å²) in [4.78, 5) is 0. The summed E-state index contributed by atoms with van der Waals surface area (Å²) < 4.78 is 11.7. The quantitative estimate of drug-likeness (QED) is 0.557. The van der Waals surface area contributed by atoms with E-state index in [1.165, 1.54) is 5.56 Å². The van der Waals surface area contributed by atoms with Gasteiger partial charge in [-0.2, -0.15) is 0 Å². The van der Waals surface area contributed by atoms with E-state index in [1.807, 2.05) is 12.1 Å². The second-order valence-corrected chi connectivity index (χ2v) is 7.59. The minimum Gasteiger partial charge on any atom is -0.494 e. The molecule has 3 heteroatoms. The van der Waals surface area contributed by atoms with Crippen molar-refractivity contribution in [2.45, 2.75) is 53.1 Å². The van der Waals surface area contributed by atoms with Crippen LogP contribution in [0.4, 0.5) is 5.69 Å². The third kappa shape index (κ3) is 6.99. The van der Waals surface area contributed by atoms with Crippen LogP contribution >= 0.6 is 0 Å². The molecule has 2 aromatic rings. The zero-order chi connectivity index (χ0) is 18.9. The molecule has 0 aliphatic heterocycles. The Balaban J connectivity index is 1.75. The summed E-state index contributed by atoms with van der Waals surface area (Å²) in [5, 5.41) is 3.42. The topological polar surface area (TPSA) is 30.5 Å². The molecular formula is C23H33NO2. The van der Waals surface area contributed by atoms with Gasteiger partial charge in [-0.05, 0) is 67.1 Å². The first-order valence-corrected chi connectivity index (χ1v) is 9.67. The van der Waals surface area contributed by atoms with E-state index >= 15 is 0 Å². The van der Waals surface area contributed by atoms with Crippen molar-refractivity contribution in [3.8, 4) is 11.5 Å². The summed E-state index contributed by atoms with van der Waals surface area (Å²) in [6.07, 6.45) is 1.16. The zero-order valence-corrected chi connectivity index (χ0v) is 16.8. The van der Waals surface area contributed by atoms with E-state index in [-0.39, 0.29) is 6.10 Å². The molecular weight excluding hydrogens is 322 g/mol. The molecule has 1 N–H and O–H groups in total. The molecule has 0 aromatic heterocycles. The lowest BCUT2D eigenvalue weighted by molar-refractivity contribution is 0.234. The van der Waals surface area contributed by atoms with Gasteiger partial charge in [0.25, 0.3) is 0 Å². The standard InChI is InChI=1S/C23H33NO2/c1-17(2)14-15-25-22-12-8-21(9-13-22)24-16-19(5)26-23-10-6-20(7-11-23)18(3)4/h6-13,17-19,24H,14-16H2,1-5H3. The Morgan fingerprint density at radius 2 is 1.42 bits per heavy atom. The fourth-order valence-corrected chi connectivity index (χ4v) is 2.55. The highest BCUT2D eigenvalue weighted by Crippen LogP contribution is 2.20. The van der Waals surface area contributed by atoms with E-state index < -0.39 is 0 Å². The lowest BCUT2D eigenvalue weighted by Crippen LogP contribution is -2.22. The largest absolute Gasteiger partial charge is 0.494 e. The third-order valence-electron chi connectivity index (χ3n) is 4.30. The van der Waals surface area contributed by atoms with Crippen LogP contribution < -0.4 is 14.8 Å². The highest BCUT2D eigenvalue weighted by molar-refractivity contribution is 5.46. The summed E-state index contributed by atoms with van der Waals surface area (Å²) >= 11 is 0.